The highest BCUT2D eigenvalue weighted by Gasteiger charge is 2.16. The molecule has 168 valence electrons. The first-order valence-corrected chi connectivity index (χ1v) is 10.6. The molecule has 0 aliphatic rings. The van der Waals surface area contributed by atoms with Gasteiger partial charge in [0.15, 0.2) is 0 Å². The van der Waals surface area contributed by atoms with Crippen molar-refractivity contribution in [2.24, 2.45) is 0 Å². The number of rotatable bonds is 7. The number of amides is 2. The zero-order valence-electron chi connectivity index (χ0n) is 18.5. The van der Waals surface area contributed by atoms with Gasteiger partial charge in [-0.1, -0.05) is 36.4 Å². The molecule has 0 saturated heterocycles. The molecule has 2 aromatic carbocycles. The van der Waals surface area contributed by atoms with Crippen LogP contribution in [0, 0.1) is 0 Å². The third-order valence-electron chi connectivity index (χ3n) is 4.65. The minimum absolute atomic E-state index is 0.136. The van der Waals surface area contributed by atoms with Crippen molar-refractivity contribution in [1.82, 2.24) is 15.5 Å². The molecule has 0 fully saturated rings. The Labute approximate surface area is 186 Å². The average Bonchev–Trinajstić information content (AvgIpc) is 2.73. The summed E-state index contributed by atoms with van der Waals surface area (Å²) >= 11 is 0. The minimum atomic E-state index is -0.538. The van der Waals surface area contributed by atoms with Crippen LogP contribution in [0.25, 0.3) is 22.0 Å². The Morgan fingerprint density at radius 2 is 1.69 bits per heavy atom. The molecule has 0 saturated carbocycles. The highest BCUT2D eigenvalue weighted by molar-refractivity contribution is 6.00. The molecular weight excluding hydrogens is 408 g/mol. The van der Waals surface area contributed by atoms with E-state index in [-0.39, 0.29) is 11.5 Å². The number of aromatic nitrogens is 2. The Hall–Kier alpha value is -3.68. The number of H-pyrrole nitrogens is 1. The predicted molar refractivity (Wildman–Crippen MR) is 125 cm³/mol. The van der Waals surface area contributed by atoms with Gasteiger partial charge in [-0.25, -0.2) is 9.89 Å². The quantitative estimate of drug-likeness (QED) is 0.480. The summed E-state index contributed by atoms with van der Waals surface area (Å²) in [6.07, 6.45) is 1.12. The van der Waals surface area contributed by atoms with Crippen LogP contribution in [0.3, 0.4) is 0 Å². The number of alkyl carbamates (subject to hydrolysis) is 1. The Morgan fingerprint density at radius 1 is 1.00 bits per heavy atom. The number of carbonyl (C=O) groups excluding carboxylic acids is 2. The number of unbranched alkanes of at least 4 members (excludes halogenated alkanes) is 1. The van der Waals surface area contributed by atoms with Crippen molar-refractivity contribution >= 4 is 28.5 Å². The zero-order valence-corrected chi connectivity index (χ0v) is 18.5. The summed E-state index contributed by atoms with van der Waals surface area (Å²) in [4.78, 5) is 36.2. The van der Waals surface area contributed by atoms with Gasteiger partial charge in [-0.05, 0) is 45.7 Å². The van der Waals surface area contributed by atoms with Gasteiger partial charge in [-0.3, -0.25) is 9.59 Å². The molecule has 0 bridgehead atoms. The lowest BCUT2D eigenvalue weighted by Crippen LogP contribution is -2.33. The molecular formula is C24H28N4O4. The number of carbonyl (C=O) groups is 2. The lowest BCUT2D eigenvalue weighted by Gasteiger charge is -2.19. The number of nitrogens with zero attached hydrogens (tertiary/aromatic N) is 1. The summed E-state index contributed by atoms with van der Waals surface area (Å²) in [5.41, 5.74) is 1.14. The number of aromatic amines is 1. The van der Waals surface area contributed by atoms with Gasteiger partial charge in [0.05, 0.1) is 11.1 Å². The molecule has 0 aliphatic heterocycles. The van der Waals surface area contributed by atoms with Gasteiger partial charge < -0.3 is 15.4 Å². The summed E-state index contributed by atoms with van der Waals surface area (Å²) in [6, 6.07) is 14.6. The second kappa shape index (κ2) is 10.1. The normalized spacial score (nSPS) is 11.2. The van der Waals surface area contributed by atoms with Crippen LogP contribution in [0.1, 0.15) is 40.0 Å². The van der Waals surface area contributed by atoms with Crippen LogP contribution in [0.5, 0.6) is 0 Å². The van der Waals surface area contributed by atoms with E-state index in [0.29, 0.717) is 48.0 Å². The van der Waals surface area contributed by atoms with Gasteiger partial charge >= 0.3 is 6.09 Å². The monoisotopic (exact) mass is 436 g/mol. The molecule has 3 aromatic rings. The molecule has 0 radical (unpaired) electrons. The van der Waals surface area contributed by atoms with E-state index in [2.05, 4.69) is 20.8 Å². The first kappa shape index (κ1) is 23.0. The van der Waals surface area contributed by atoms with Crippen LogP contribution in [0.2, 0.25) is 0 Å². The standard InChI is InChI=1S/C24H28N4O4/c1-24(2,3)32-23(31)25-15-9-8-14-20(29)26-19-13-7-6-12-18(19)21-16-10-4-5-11-17(16)22(30)28-27-21/h4-7,10-13H,8-9,14-15H2,1-3H3,(H,25,31)(H,26,29)(H,28,30). The number of hydrogen-bond acceptors (Lipinski definition) is 5. The number of ether oxygens (including phenoxy) is 1. The lowest BCUT2D eigenvalue weighted by atomic mass is 10.0. The van der Waals surface area contributed by atoms with E-state index in [0.717, 1.165) is 5.56 Å². The van der Waals surface area contributed by atoms with Crippen LogP contribution in [0.15, 0.2) is 53.3 Å². The van der Waals surface area contributed by atoms with Crippen molar-refractivity contribution < 1.29 is 14.3 Å². The van der Waals surface area contributed by atoms with Crippen molar-refractivity contribution in [2.45, 2.75) is 45.6 Å². The van der Waals surface area contributed by atoms with Gasteiger partial charge in [0.1, 0.15) is 11.3 Å². The van der Waals surface area contributed by atoms with Crippen molar-refractivity contribution in [3.05, 3.63) is 58.9 Å². The summed E-state index contributed by atoms with van der Waals surface area (Å²) < 4.78 is 5.18. The van der Waals surface area contributed by atoms with Gasteiger partial charge in [0.25, 0.3) is 5.56 Å². The molecule has 0 aliphatic carbocycles. The molecule has 1 aromatic heterocycles. The second-order valence-corrected chi connectivity index (χ2v) is 8.43. The van der Waals surface area contributed by atoms with E-state index >= 15 is 0 Å². The lowest BCUT2D eigenvalue weighted by molar-refractivity contribution is -0.116. The number of nitrogens with one attached hydrogen (secondary N) is 3. The first-order chi connectivity index (χ1) is 15.2. The number of anilines is 1. The molecule has 3 N–H and O–H groups in total. The van der Waals surface area contributed by atoms with E-state index in [1.165, 1.54) is 0 Å². The summed E-state index contributed by atoms with van der Waals surface area (Å²) in [6.45, 7) is 5.85. The van der Waals surface area contributed by atoms with Crippen molar-refractivity contribution in [3.8, 4) is 11.3 Å². The van der Waals surface area contributed by atoms with Crippen molar-refractivity contribution in [2.75, 3.05) is 11.9 Å². The van der Waals surface area contributed by atoms with Gasteiger partial charge in [0, 0.05) is 23.9 Å². The second-order valence-electron chi connectivity index (χ2n) is 8.43. The van der Waals surface area contributed by atoms with Crippen LogP contribution in [-0.2, 0) is 9.53 Å². The maximum atomic E-state index is 12.5. The highest BCUT2D eigenvalue weighted by atomic mass is 16.6. The maximum Gasteiger partial charge on any atom is 0.407 e. The largest absolute Gasteiger partial charge is 0.444 e. The van der Waals surface area contributed by atoms with E-state index in [9.17, 15) is 14.4 Å². The minimum Gasteiger partial charge on any atom is -0.444 e. The summed E-state index contributed by atoms with van der Waals surface area (Å²) in [5, 5.41) is 13.6. The van der Waals surface area contributed by atoms with Crippen molar-refractivity contribution in [1.29, 1.82) is 0 Å². The third kappa shape index (κ3) is 6.16. The first-order valence-electron chi connectivity index (χ1n) is 10.6. The third-order valence-corrected chi connectivity index (χ3v) is 4.65. The number of hydrogen-bond donors (Lipinski definition) is 3. The van der Waals surface area contributed by atoms with E-state index in [1.807, 2.05) is 30.3 Å². The molecule has 1 heterocycles. The average molecular weight is 437 g/mol. The molecule has 2 amide bonds. The molecule has 0 spiro atoms. The molecule has 8 heteroatoms. The molecule has 32 heavy (non-hydrogen) atoms. The Kier molecular flexibility index (Phi) is 7.25. The predicted octanol–water partition coefficient (Wildman–Crippen LogP) is 4.22. The molecule has 3 rings (SSSR count). The van der Waals surface area contributed by atoms with Crippen LogP contribution < -0.4 is 16.2 Å². The van der Waals surface area contributed by atoms with Gasteiger partial charge in [-0.15, -0.1) is 0 Å². The number of benzene rings is 2. The zero-order chi connectivity index (χ0) is 23.1. The van der Waals surface area contributed by atoms with Crippen molar-refractivity contribution in [3.63, 3.8) is 0 Å². The Balaban J connectivity index is 1.61. The highest BCUT2D eigenvalue weighted by Crippen LogP contribution is 2.30. The molecule has 0 atom stereocenters. The molecule has 0 unspecified atom stereocenters. The summed E-state index contributed by atoms with van der Waals surface area (Å²) in [7, 11) is 0. The fourth-order valence-electron chi connectivity index (χ4n) is 3.25. The van der Waals surface area contributed by atoms with Crippen LogP contribution in [0.4, 0.5) is 10.5 Å². The van der Waals surface area contributed by atoms with E-state index in [1.54, 1.807) is 39.0 Å². The van der Waals surface area contributed by atoms with Crippen LogP contribution >= 0.6 is 0 Å². The van der Waals surface area contributed by atoms with Gasteiger partial charge in [0.2, 0.25) is 5.91 Å². The fourth-order valence-corrected chi connectivity index (χ4v) is 3.25. The Morgan fingerprint density at radius 3 is 2.44 bits per heavy atom. The number of para-hydroxylation sites is 1. The summed E-state index contributed by atoms with van der Waals surface area (Å²) in [5.74, 6) is -0.136. The maximum absolute atomic E-state index is 12.5. The fraction of sp³-hybridized carbons (Fsp3) is 0.333. The van der Waals surface area contributed by atoms with Crippen LogP contribution in [-0.4, -0.2) is 34.3 Å². The van der Waals surface area contributed by atoms with E-state index in [4.69, 9.17) is 4.74 Å². The topological polar surface area (TPSA) is 113 Å². The van der Waals surface area contributed by atoms with Gasteiger partial charge in [-0.2, -0.15) is 5.10 Å². The van der Waals surface area contributed by atoms with E-state index < -0.39 is 11.7 Å². The smallest absolute Gasteiger partial charge is 0.407 e. The number of fused-ring (bicyclic) bond motifs is 1. The molecule has 8 nitrogen and oxygen atoms in total. The Bertz CT molecular complexity index is 1160. The SMILES string of the molecule is CC(C)(C)OC(=O)NCCCCC(=O)Nc1ccccc1-c1n[nH]c(=O)c2ccccc12.